The molecule has 7 nitrogen and oxygen atoms in total. The lowest BCUT2D eigenvalue weighted by Gasteiger charge is -2.32. The van der Waals surface area contributed by atoms with Crippen LogP contribution in [0.15, 0.2) is 18.2 Å². The van der Waals surface area contributed by atoms with Crippen molar-refractivity contribution in [2.75, 3.05) is 18.5 Å². The van der Waals surface area contributed by atoms with Crippen LogP contribution in [0.25, 0.3) is 0 Å². The quantitative estimate of drug-likeness (QED) is 0.475. The Morgan fingerprint density at radius 1 is 1.52 bits per heavy atom. The molecule has 3 N–H and O–H groups in total. The number of anilines is 1. The minimum atomic E-state index is -0.547. The molecule has 21 heavy (non-hydrogen) atoms. The zero-order valence-electron chi connectivity index (χ0n) is 12.0. The van der Waals surface area contributed by atoms with Crippen molar-refractivity contribution >= 4 is 17.3 Å². The average molecular weight is 292 g/mol. The number of nitro benzene ring substituents is 1. The minimum absolute atomic E-state index is 0.0690. The van der Waals surface area contributed by atoms with Gasteiger partial charge in [0.1, 0.15) is 5.69 Å². The Morgan fingerprint density at radius 3 is 2.71 bits per heavy atom. The van der Waals surface area contributed by atoms with Crippen LogP contribution in [-0.2, 0) is 0 Å². The number of nitrogens with one attached hydrogen (secondary N) is 1. The highest BCUT2D eigenvalue weighted by molar-refractivity contribution is 6.01. The van der Waals surface area contributed by atoms with Crippen molar-refractivity contribution in [3.63, 3.8) is 0 Å². The molecule has 0 saturated heterocycles. The molecule has 1 amide bonds. The summed E-state index contributed by atoms with van der Waals surface area (Å²) in [4.78, 5) is 24.8. The van der Waals surface area contributed by atoms with Crippen LogP contribution < -0.4 is 11.3 Å². The summed E-state index contributed by atoms with van der Waals surface area (Å²) in [5.74, 6) is 5.70. The van der Waals surface area contributed by atoms with Crippen LogP contribution in [0.2, 0.25) is 0 Å². The molecule has 1 aromatic carbocycles. The molecule has 114 valence electrons. The van der Waals surface area contributed by atoms with Gasteiger partial charge in [-0.1, -0.05) is 12.5 Å². The van der Waals surface area contributed by atoms with Crippen molar-refractivity contribution in [1.29, 1.82) is 0 Å². The molecular weight excluding hydrogens is 272 g/mol. The van der Waals surface area contributed by atoms with Crippen molar-refractivity contribution in [3.8, 4) is 0 Å². The zero-order chi connectivity index (χ0) is 15.4. The highest BCUT2D eigenvalue weighted by Gasteiger charge is 2.27. The molecule has 0 bridgehead atoms. The number of nitro groups is 1. The third kappa shape index (κ3) is 3.13. The van der Waals surface area contributed by atoms with Crippen molar-refractivity contribution < 1.29 is 9.72 Å². The molecule has 0 radical (unpaired) electrons. The molecular formula is C14H20N4O3. The Morgan fingerprint density at radius 2 is 2.24 bits per heavy atom. The number of hydrogen-bond acceptors (Lipinski definition) is 5. The largest absolute Gasteiger partial charge is 0.339 e. The maximum absolute atomic E-state index is 12.6. The highest BCUT2D eigenvalue weighted by Crippen LogP contribution is 2.30. The monoisotopic (exact) mass is 292 g/mol. The number of amides is 1. The molecule has 0 aliphatic heterocycles. The first kappa shape index (κ1) is 15.2. The summed E-state index contributed by atoms with van der Waals surface area (Å²) < 4.78 is 0. The predicted octanol–water partition coefficient (Wildman–Crippen LogP) is 2.14. The van der Waals surface area contributed by atoms with Crippen molar-refractivity contribution in [3.05, 3.63) is 33.9 Å². The van der Waals surface area contributed by atoms with E-state index in [9.17, 15) is 14.9 Å². The lowest BCUT2D eigenvalue weighted by Crippen LogP contribution is -2.37. The Balaban J connectivity index is 2.28. The number of carbonyl (C=O) groups excluding carboxylic acids is 1. The maximum atomic E-state index is 12.6. The number of hydrogen-bond donors (Lipinski definition) is 2. The number of nitrogens with two attached hydrogens (primary N) is 1. The number of para-hydroxylation sites is 1. The van der Waals surface area contributed by atoms with E-state index in [0.29, 0.717) is 19.0 Å². The first-order valence-corrected chi connectivity index (χ1v) is 7.11. The van der Waals surface area contributed by atoms with Gasteiger partial charge in [-0.2, -0.15) is 0 Å². The van der Waals surface area contributed by atoms with Gasteiger partial charge >= 0.3 is 0 Å². The summed E-state index contributed by atoms with van der Waals surface area (Å²) in [6.07, 6.45) is 3.49. The molecule has 1 aromatic rings. The third-order valence-electron chi connectivity index (χ3n) is 3.99. The highest BCUT2D eigenvalue weighted by atomic mass is 16.6. The molecule has 2 rings (SSSR count). The number of hydrazine groups is 1. The Kier molecular flexibility index (Phi) is 4.74. The van der Waals surface area contributed by atoms with Gasteiger partial charge in [-0.25, -0.2) is 0 Å². The number of nitrogen functional groups attached to an aromatic ring is 1. The van der Waals surface area contributed by atoms with E-state index in [4.69, 9.17) is 5.84 Å². The van der Waals surface area contributed by atoms with E-state index in [1.54, 1.807) is 11.0 Å². The number of carbonyl (C=O) groups is 1. The fraction of sp³-hybridized carbons (Fsp3) is 0.500. The Bertz CT molecular complexity index is 543. The lowest BCUT2D eigenvalue weighted by atomic mass is 9.85. The molecule has 7 heteroatoms. The SMILES string of the molecule is CCN(CC1CCC1)C(=O)c1cccc([N+](=O)[O-])c1NN. The van der Waals surface area contributed by atoms with Crippen LogP contribution in [0.3, 0.4) is 0 Å². The standard InChI is InChI=1S/C14H20N4O3/c1-2-17(9-10-5-3-6-10)14(19)11-7-4-8-12(18(20)21)13(11)16-15/h4,7-8,10,16H,2-3,5-6,9,15H2,1H3. The maximum Gasteiger partial charge on any atom is 0.294 e. The second-order valence-electron chi connectivity index (χ2n) is 5.24. The number of rotatable bonds is 6. The summed E-state index contributed by atoms with van der Waals surface area (Å²) in [5, 5.41) is 11.0. The van der Waals surface area contributed by atoms with Crippen molar-refractivity contribution in [2.45, 2.75) is 26.2 Å². The fourth-order valence-corrected chi connectivity index (χ4v) is 2.54. The van der Waals surface area contributed by atoms with Crippen LogP contribution >= 0.6 is 0 Å². The van der Waals surface area contributed by atoms with Gasteiger partial charge in [0.05, 0.1) is 10.5 Å². The molecule has 1 aliphatic carbocycles. The number of benzene rings is 1. The van der Waals surface area contributed by atoms with Crippen LogP contribution in [0.4, 0.5) is 11.4 Å². The molecule has 1 fully saturated rings. The van der Waals surface area contributed by atoms with E-state index in [-0.39, 0.29) is 22.8 Å². The first-order chi connectivity index (χ1) is 10.1. The van der Waals surface area contributed by atoms with Gasteiger partial charge in [-0.15, -0.1) is 0 Å². The van der Waals surface area contributed by atoms with E-state index in [2.05, 4.69) is 5.43 Å². The normalized spacial score (nSPS) is 14.4. The zero-order valence-corrected chi connectivity index (χ0v) is 12.0. The summed E-state index contributed by atoms with van der Waals surface area (Å²) in [5.41, 5.74) is 2.42. The average Bonchev–Trinajstić information content (AvgIpc) is 2.44. The van der Waals surface area contributed by atoms with Gasteiger partial charge in [0.15, 0.2) is 0 Å². The van der Waals surface area contributed by atoms with Crippen molar-refractivity contribution in [2.24, 2.45) is 11.8 Å². The summed E-state index contributed by atoms with van der Waals surface area (Å²) in [7, 11) is 0. The summed E-state index contributed by atoms with van der Waals surface area (Å²) in [6, 6.07) is 4.39. The van der Waals surface area contributed by atoms with Gasteiger partial charge in [0.2, 0.25) is 0 Å². The molecule has 0 unspecified atom stereocenters. The van der Waals surface area contributed by atoms with Gasteiger partial charge in [-0.3, -0.25) is 20.8 Å². The molecule has 0 spiro atoms. The van der Waals surface area contributed by atoms with E-state index in [1.807, 2.05) is 6.92 Å². The van der Waals surface area contributed by atoms with Gasteiger partial charge in [0.25, 0.3) is 11.6 Å². The van der Waals surface area contributed by atoms with E-state index in [1.165, 1.54) is 18.6 Å². The van der Waals surface area contributed by atoms with E-state index in [0.717, 1.165) is 12.8 Å². The Hall–Kier alpha value is -2.15. The molecule has 0 aromatic heterocycles. The van der Waals surface area contributed by atoms with Gasteiger partial charge < -0.3 is 10.3 Å². The summed E-state index contributed by atoms with van der Waals surface area (Å²) in [6.45, 7) is 3.17. The van der Waals surface area contributed by atoms with E-state index < -0.39 is 4.92 Å². The molecule has 0 atom stereocenters. The minimum Gasteiger partial charge on any atom is -0.339 e. The molecule has 1 aliphatic rings. The second kappa shape index (κ2) is 6.53. The van der Waals surface area contributed by atoms with Gasteiger partial charge in [-0.05, 0) is 31.7 Å². The van der Waals surface area contributed by atoms with Crippen molar-refractivity contribution in [1.82, 2.24) is 4.90 Å². The smallest absolute Gasteiger partial charge is 0.294 e. The van der Waals surface area contributed by atoms with E-state index >= 15 is 0 Å². The van der Waals surface area contributed by atoms with Crippen LogP contribution in [0.1, 0.15) is 36.5 Å². The van der Waals surface area contributed by atoms with Crippen LogP contribution in [0, 0.1) is 16.0 Å². The topological polar surface area (TPSA) is 102 Å². The number of nitrogens with zero attached hydrogens (tertiary/aromatic N) is 2. The van der Waals surface area contributed by atoms with Gasteiger partial charge in [0, 0.05) is 19.2 Å². The van der Waals surface area contributed by atoms with Crippen LogP contribution in [0.5, 0.6) is 0 Å². The summed E-state index contributed by atoms with van der Waals surface area (Å²) >= 11 is 0. The molecule has 0 heterocycles. The van der Waals surface area contributed by atoms with Crippen LogP contribution in [-0.4, -0.2) is 28.8 Å². The second-order valence-corrected chi connectivity index (χ2v) is 5.24. The lowest BCUT2D eigenvalue weighted by molar-refractivity contribution is -0.384. The first-order valence-electron chi connectivity index (χ1n) is 7.11. The Labute approximate surface area is 123 Å². The molecule has 1 saturated carbocycles. The third-order valence-corrected chi connectivity index (χ3v) is 3.99. The predicted molar refractivity (Wildman–Crippen MR) is 79.8 cm³/mol. The fourth-order valence-electron chi connectivity index (χ4n) is 2.54.